The first-order valence-electron chi connectivity index (χ1n) is 16.4. The smallest absolute Gasteiger partial charge is 0.0215 e. The van der Waals surface area contributed by atoms with Gasteiger partial charge in [0.15, 0.2) is 0 Å². The van der Waals surface area contributed by atoms with Crippen LogP contribution in [-0.4, -0.2) is 0 Å². The van der Waals surface area contributed by atoms with E-state index < -0.39 is 0 Å². The molecule has 1 fully saturated rings. The van der Waals surface area contributed by atoms with Crippen molar-refractivity contribution in [2.45, 2.75) is 31.1 Å². The second-order valence-electron chi connectivity index (χ2n) is 13.2. The maximum absolute atomic E-state index is 2.56. The number of hydrogen-bond donors (Lipinski definition) is 0. The fourth-order valence-corrected chi connectivity index (χ4v) is 8.83. The van der Waals surface area contributed by atoms with E-state index in [1.807, 2.05) is 0 Å². The van der Waals surface area contributed by atoms with Gasteiger partial charge >= 0.3 is 0 Å². The summed E-state index contributed by atoms with van der Waals surface area (Å²) in [4.78, 5) is 0. The van der Waals surface area contributed by atoms with Crippen LogP contribution in [0.5, 0.6) is 0 Å². The van der Waals surface area contributed by atoms with Gasteiger partial charge in [-0.25, -0.2) is 0 Å². The van der Waals surface area contributed by atoms with Crippen LogP contribution in [0.15, 0.2) is 146 Å². The molecule has 212 valence electrons. The molecule has 0 aromatic heterocycles. The molecule has 0 unspecified atom stereocenters. The largest absolute Gasteiger partial charge is 0.0622 e. The molecule has 2 aliphatic carbocycles. The van der Waals surface area contributed by atoms with Crippen molar-refractivity contribution in [1.29, 1.82) is 0 Å². The minimum atomic E-state index is 0.102. The highest BCUT2D eigenvalue weighted by atomic mass is 14.5. The fraction of sp³-hybridized carbons (Fsp3) is 0.111. The Morgan fingerprint density at radius 1 is 0.356 bits per heavy atom. The summed E-state index contributed by atoms with van der Waals surface area (Å²) >= 11 is 0. The van der Waals surface area contributed by atoms with Crippen LogP contribution in [-0.2, 0) is 5.41 Å². The van der Waals surface area contributed by atoms with Crippen LogP contribution in [0, 0.1) is 0 Å². The first kappa shape index (κ1) is 25.2. The molecule has 0 aliphatic heterocycles. The average molecular weight is 573 g/mol. The van der Waals surface area contributed by atoms with Gasteiger partial charge < -0.3 is 0 Å². The Labute approximate surface area is 263 Å². The van der Waals surface area contributed by atoms with Crippen molar-refractivity contribution in [1.82, 2.24) is 0 Å². The van der Waals surface area contributed by atoms with E-state index in [2.05, 4.69) is 146 Å². The van der Waals surface area contributed by atoms with Gasteiger partial charge in [0.2, 0.25) is 0 Å². The van der Waals surface area contributed by atoms with Crippen molar-refractivity contribution in [2.24, 2.45) is 0 Å². The minimum absolute atomic E-state index is 0.102. The zero-order chi connectivity index (χ0) is 29.5. The van der Waals surface area contributed by atoms with Gasteiger partial charge in [-0.1, -0.05) is 146 Å². The molecule has 0 N–H and O–H groups in total. The van der Waals surface area contributed by atoms with Gasteiger partial charge in [0.25, 0.3) is 0 Å². The predicted molar refractivity (Wildman–Crippen MR) is 191 cm³/mol. The van der Waals surface area contributed by atoms with Crippen LogP contribution < -0.4 is 0 Å². The molecular weight excluding hydrogens is 540 g/mol. The van der Waals surface area contributed by atoms with E-state index in [-0.39, 0.29) is 5.41 Å². The Hall–Kier alpha value is -5.20. The molecule has 0 nitrogen and oxygen atoms in total. The highest BCUT2D eigenvalue weighted by Crippen LogP contribution is 2.58. The van der Waals surface area contributed by atoms with Gasteiger partial charge in [0.05, 0.1) is 0 Å². The van der Waals surface area contributed by atoms with E-state index in [1.165, 1.54) is 114 Å². The van der Waals surface area contributed by atoms with Crippen molar-refractivity contribution in [3.8, 4) is 44.5 Å². The third-order valence-electron chi connectivity index (χ3n) is 11.0. The van der Waals surface area contributed by atoms with Crippen molar-refractivity contribution < 1.29 is 0 Å². The van der Waals surface area contributed by atoms with Crippen LogP contribution in [0.4, 0.5) is 0 Å². The molecule has 10 rings (SSSR count). The van der Waals surface area contributed by atoms with Gasteiger partial charge in [-0.3, -0.25) is 0 Å². The van der Waals surface area contributed by atoms with Gasteiger partial charge in [0, 0.05) is 5.41 Å². The van der Waals surface area contributed by atoms with E-state index >= 15 is 0 Å². The van der Waals surface area contributed by atoms with E-state index in [0.29, 0.717) is 0 Å². The highest BCUT2D eigenvalue weighted by Gasteiger charge is 2.45. The first-order chi connectivity index (χ1) is 22.3. The normalized spacial score (nSPS) is 14.9. The molecule has 0 heteroatoms. The molecule has 2 aliphatic rings. The summed E-state index contributed by atoms with van der Waals surface area (Å²) in [6.07, 6.45) is 5.03. The van der Waals surface area contributed by atoms with Crippen LogP contribution >= 0.6 is 0 Å². The Morgan fingerprint density at radius 3 is 1.58 bits per heavy atom. The Bertz CT molecular complexity index is 2390. The molecular formula is C45H32. The highest BCUT2D eigenvalue weighted by molar-refractivity contribution is 6.25. The molecule has 0 bridgehead atoms. The van der Waals surface area contributed by atoms with Crippen molar-refractivity contribution in [3.05, 3.63) is 157 Å². The summed E-state index contributed by atoms with van der Waals surface area (Å²) < 4.78 is 0. The van der Waals surface area contributed by atoms with E-state index in [4.69, 9.17) is 0 Å². The lowest BCUT2D eigenvalue weighted by Gasteiger charge is -2.27. The van der Waals surface area contributed by atoms with Gasteiger partial charge in [0.1, 0.15) is 0 Å². The Balaban J connectivity index is 1.10. The van der Waals surface area contributed by atoms with Crippen molar-refractivity contribution in [2.75, 3.05) is 0 Å². The summed E-state index contributed by atoms with van der Waals surface area (Å²) in [5.74, 6) is 0. The zero-order valence-electron chi connectivity index (χ0n) is 25.2. The second kappa shape index (κ2) is 9.40. The molecule has 0 saturated heterocycles. The van der Waals surface area contributed by atoms with E-state index in [1.54, 1.807) is 0 Å². The van der Waals surface area contributed by atoms with E-state index in [9.17, 15) is 0 Å². The predicted octanol–water partition coefficient (Wildman–Crippen LogP) is 12.4. The first-order valence-corrected chi connectivity index (χ1v) is 16.4. The van der Waals surface area contributed by atoms with Crippen molar-refractivity contribution in [3.63, 3.8) is 0 Å². The molecule has 0 radical (unpaired) electrons. The van der Waals surface area contributed by atoms with Crippen molar-refractivity contribution >= 4 is 32.3 Å². The quantitative estimate of drug-likeness (QED) is 0.185. The summed E-state index contributed by atoms with van der Waals surface area (Å²) in [6, 6.07) is 54.9. The van der Waals surface area contributed by atoms with Gasteiger partial charge in [-0.05, 0) is 113 Å². The number of fused-ring (bicyclic) bond motifs is 5. The maximum atomic E-state index is 2.56. The maximum Gasteiger partial charge on any atom is 0.0215 e. The van der Waals surface area contributed by atoms with Gasteiger partial charge in [-0.15, -0.1) is 0 Å². The average Bonchev–Trinajstić information content (AvgIpc) is 3.71. The topological polar surface area (TPSA) is 0 Å². The van der Waals surface area contributed by atoms with E-state index in [0.717, 1.165) is 0 Å². The molecule has 1 spiro atoms. The summed E-state index contributed by atoms with van der Waals surface area (Å²) in [5.41, 5.74) is 13.8. The second-order valence-corrected chi connectivity index (χ2v) is 13.2. The molecule has 0 atom stereocenters. The van der Waals surface area contributed by atoms with Crippen LogP contribution in [0.2, 0.25) is 0 Å². The Kier molecular flexibility index (Phi) is 5.26. The monoisotopic (exact) mass is 572 g/mol. The third kappa shape index (κ3) is 3.60. The van der Waals surface area contributed by atoms with Crippen LogP contribution in [0.1, 0.15) is 36.8 Å². The van der Waals surface area contributed by atoms with Crippen LogP contribution in [0.25, 0.3) is 76.8 Å². The number of benzene rings is 8. The molecule has 8 aromatic rings. The lowest BCUT2D eigenvalue weighted by Crippen LogP contribution is -2.20. The summed E-state index contributed by atoms with van der Waals surface area (Å²) in [6.45, 7) is 0. The summed E-state index contributed by atoms with van der Waals surface area (Å²) in [7, 11) is 0. The SMILES string of the molecule is c1ccc(-c2ccc(-c3ccc4c(c3)C3(CCCC3)c3cc(-c5ccc6ccc7cccc8ccc5c6c78)ccc3-4)cc2)cc1. The molecule has 1 saturated carbocycles. The minimum Gasteiger partial charge on any atom is -0.0622 e. The molecule has 45 heavy (non-hydrogen) atoms. The fourth-order valence-electron chi connectivity index (χ4n) is 8.83. The zero-order valence-corrected chi connectivity index (χ0v) is 25.2. The van der Waals surface area contributed by atoms with Crippen LogP contribution in [0.3, 0.4) is 0 Å². The lowest BCUT2D eigenvalue weighted by atomic mass is 9.75. The van der Waals surface area contributed by atoms with Gasteiger partial charge in [-0.2, -0.15) is 0 Å². The summed E-state index contributed by atoms with van der Waals surface area (Å²) in [5, 5.41) is 8.10. The lowest BCUT2D eigenvalue weighted by molar-refractivity contribution is 0.550. The number of hydrogen-bond acceptors (Lipinski definition) is 0. The molecule has 8 aromatic carbocycles. The standard InChI is InChI=1S/C45H32/c1-2-7-29(8-3-1)30-11-13-31(14-12-30)35-19-22-38-39-23-20-36(28-42(39)45(41(38)27-35)25-4-5-26-45)37-21-17-34-16-15-32-9-6-10-33-18-24-40(37)44(34)43(32)33/h1-3,6-24,27-28H,4-5,25-26H2. The molecule has 0 heterocycles. The Morgan fingerprint density at radius 2 is 0.867 bits per heavy atom. The number of rotatable bonds is 3. The molecule has 0 amide bonds. The third-order valence-corrected chi connectivity index (χ3v) is 11.0.